The number of ether oxygens (including phenoxy) is 1. The first-order valence-electron chi connectivity index (χ1n) is 11.6. The van der Waals surface area contributed by atoms with E-state index in [0.717, 1.165) is 36.2 Å². The van der Waals surface area contributed by atoms with E-state index in [-0.39, 0.29) is 19.1 Å². The highest BCUT2D eigenvalue weighted by molar-refractivity contribution is 5.82. The Morgan fingerprint density at radius 3 is 2.12 bits per heavy atom. The Bertz CT molecular complexity index is 908. The minimum absolute atomic E-state index is 0.0728. The number of hydrogen-bond acceptors (Lipinski definition) is 7. The highest BCUT2D eigenvalue weighted by Gasteiger charge is 2.23. The highest BCUT2D eigenvalue weighted by Crippen LogP contribution is 2.22. The number of piperazine rings is 1. The zero-order chi connectivity index (χ0) is 23.0. The molecule has 0 bridgehead atoms. The van der Waals surface area contributed by atoms with E-state index in [4.69, 9.17) is 4.74 Å². The fraction of sp³-hybridized carbons (Fsp3) is 0.500. The molecule has 2 amide bonds. The minimum atomic E-state index is -0.593. The summed E-state index contributed by atoms with van der Waals surface area (Å²) in [5.41, 5.74) is 0.900. The van der Waals surface area contributed by atoms with Crippen molar-refractivity contribution < 1.29 is 14.3 Å². The number of carbonyl (C=O) groups excluding carboxylic acids is 2. The van der Waals surface area contributed by atoms with E-state index < -0.39 is 6.09 Å². The second-order valence-electron chi connectivity index (χ2n) is 8.70. The normalized spacial score (nSPS) is 17.1. The van der Waals surface area contributed by atoms with Gasteiger partial charge >= 0.3 is 6.09 Å². The van der Waals surface area contributed by atoms with Gasteiger partial charge in [-0.2, -0.15) is 0 Å². The lowest BCUT2D eigenvalue weighted by molar-refractivity contribution is -0.130. The first-order chi connectivity index (χ1) is 16.1. The van der Waals surface area contributed by atoms with E-state index in [2.05, 4.69) is 32.2 Å². The zero-order valence-corrected chi connectivity index (χ0v) is 19.2. The molecule has 1 N–H and O–H groups in total. The molecule has 9 heteroatoms. The van der Waals surface area contributed by atoms with Crippen LogP contribution in [0.25, 0.3) is 0 Å². The van der Waals surface area contributed by atoms with Crippen LogP contribution < -0.4 is 15.1 Å². The van der Waals surface area contributed by atoms with E-state index in [1.807, 2.05) is 42.5 Å². The molecular weight excluding hydrogens is 420 g/mol. The van der Waals surface area contributed by atoms with Gasteiger partial charge in [0, 0.05) is 39.3 Å². The number of rotatable bonds is 6. The number of benzene rings is 1. The molecule has 1 aromatic carbocycles. The van der Waals surface area contributed by atoms with Gasteiger partial charge in [0.1, 0.15) is 13.2 Å². The Balaban J connectivity index is 1.17. The van der Waals surface area contributed by atoms with Crippen LogP contribution in [0, 0.1) is 5.92 Å². The molecule has 0 atom stereocenters. The number of aromatic nitrogens is 2. The van der Waals surface area contributed by atoms with Crippen LogP contribution in [0.4, 0.5) is 16.4 Å². The van der Waals surface area contributed by atoms with Crippen molar-refractivity contribution in [2.75, 3.05) is 55.6 Å². The van der Waals surface area contributed by atoms with Crippen molar-refractivity contribution in [3.8, 4) is 0 Å². The lowest BCUT2D eigenvalue weighted by atomic mass is 9.99. The van der Waals surface area contributed by atoms with Crippen molar-refractivity contribution in [2.24, 2.45) is 5.92 Å². The van der Waals surface area contributed by atoms with Crippen LogP contribution >= 0.6 is 0 Å². The summed E-state index contributed by atoms with van der Waals surface area (Å²) >= 11 is 0. The Kier molecular flexibility index (Phi) is 7.59. The number of anilines is 2. The maximum atomic E-state index is 12.5. The van der Waals surface area contributed by atoms with Crippen LogP contribution in [-0.2, 0) is 16.1 Å². The number of nitrogens with zero attached hydrogens (tertiary/aromatic N) is 5. The topological polar surface area (TPSA) is 90.9 Å². The molecule has 176 valence electrons. The summed E-state index contributed by atoms with van der Waals surface area (Å²) in [7, 11) is 0. The molecule has 4 rings (SSSR count). The van der Waals surface area contributed by atoms with Gasteiger partial charge in [0.25, 0.3) is 0 Å². The molecule has 2 fully saturated rings. The van der Waals surface area contributed by atoms with Crippen molar-refractivity contribution in [3.05, 3.63) is 48.0 Å². The van der Waals surface area contributed by atoms with E-state index in [1.54, 1.807) is 4.90 Å². The average Bonchev–Trinajstić information content (AvgIpc) is 2.87. The lowest BCUT2D eigenvalue weighted by Crippen LogP contribution is -2.51. The standard InChI is InChI=1S/C24H32N6O3/c1-19-9-11-28(12-10-19)21-7-8-22(27-26-21)29-13-15-30(16-14-29)23(31)17-25-24(32)33-18-20-5-3-2-4-6-20/h2-8,19H,9-18H2,1H3,(H,25,32). The smallest absolute Gasteiger partial charge is 0.407 e. The Hall–Kier alpha value is -3.36. The summed E-state index contributed by atoms with van der Waals surface area (Å²) in [5, 5.41) is 11.4. The molecule has 0 radical (unpaired) electrons. The molecule has 3 heterocycles. The van der Waals surface area contributed by atoms with E-state index in [9.17, 15) is 9.59 Å². The summed E-state index contributed by atoms with van der Waals surface area (Å²) in [4.78, 5) is 30.5. The summed E-state index contributed by atoms with van der Waals surface area (Å²) < 4.78 is 5.15. The van der Waals surface area contributed by atoms with Gasteiger partial charge in [0.05, 0.1) is 0 Å². The zero-order valence-electron chi connectivity index (χ0n) is 19.2. The number of piperidine rings is 1. The van der Waals surface area contributed by atoms with E-state index in [1.165, 1.54) is 12.8 Å². The SMILES string of the molecule is CC1CCN(c2ccc(N3CCN(C(=O)CNC(=O)OCc4ccccc4)CC3)nn2)CC1. The van der Waals surface area contributed by atoms with Crippen molar-refractivity contribution in [3.63, 3.8) is 0 Å². The summed E-state index contributed by atoms with van der Waals surface area (Å²) in [6, 6.07) is 13.5. The molecule has 2 aromatic rings. The summed E-state index contributed by atoms with van der Waals surface area (Å²) in [5.74, 6) is 2.43. The fourth-order valence-corrected chi connectivity index (χ4v) is 4.11. The minimum Gasteiger partial charge on any atom is -0.445 e. The van der Waals surface area contributed by atoms with Crippen molar-refractivity contribution >= 4 is 23.6 Å². The predicted molar refractivity (Wildman–Crippen MR) is 126 cm³/mol. The quantitative estimate of drug-likeness (QED) is 0.719. The monoisotopic (exact) mass is 452 g/mol. The fourth-order valence-electron chi connectivity index (χ4n) is 4.11. The van der Waals surface area contributed by atoms with Gasteiger partial charge in [-0.25, -0.2) is 4.79 Å². The van der Waals surface area contributed by atoms with Crippen LogP contribution in [0.15, 0.2) is 42.5 Å². The van der Waals surface area contributed by atoms with E-state index >= 15 is 0 Å². The number of hydrogen-bond donors (Lipinski definition) is 1. The molecule has 33 heavy (non-hydrogen) atoms. The molecule has 2 aliphatic rings. The third-order valence-electron chi connectivity index (χ3n) is 6.30. The highest BCUT2D eigenvalue weighted by atomic mass is 16.5. The molecule has 0 spiro atoms. The molecule has 0 unspecified atom stereocenters. The van der Waals surface area contributed by atoms with Crippen LogP contribution in [0.1, 0.15) is 25.3 Å². The van der Waals surface area contributed by atoms with Gasteiger partial charge in [-0.15, -0.1) is 10.2 Å². The van der Waals surface area contributed by atoms with Crippen molar-refractivity contribution in [1.82, 2.24) is 20.4 Å². The second-order valence-corrected chi connectivity index (χ2v) is 8.70. The van der Waals surface area contributed by atoms with Crippen LogP contribution in [-0.4, -0.2) is 72.9 Å². The first-order valence-corrected chi connectivity index (χ1v) is 11.6. The van der Waals surface area contributed by atoms with Gasteiger partial charge in [0.15, 0.2) is 11.6 Å². The van der Waals surface area contributed by atoms with Gasteiger partial charge in [-0.1, -0.05) is 37.3 Å². The average molecular weight is 453 g/mol. The molecule has 2 aliphatic heterocycles. The maximum Gasteiger partial charge on any atom is 0.407 e. The largest absolute Gasteiger partial charge is 0.445 e. The third-order valence-corrected chi connectivity index (χ3v) is 6.30. The van der Waals surface area contributed by atoms with E-state index in [0.29, 0.717) is 26.2 Å². The first kappa shape index (κ1) is 22.8. The molecule has 1 aromatic heterocycles. The van der Waals surface area contributed by atoms with Crippen LogP contribution in [0.2, 0.25) is 0 Å². The molecule has 9 nitrogen and oxygen atoms in total. The van der Waals surface area contributed by atoms with Gasteiger partial charge in [0.2, 0.25) is 5.91 Å². The van der Waals surface area contributed by atoms with Gasteiger partial charge in [-0.3, -0.25) is 4.79 Å². The second kappa shape index (κ2) is 11.0. The van der Waals surface area contributed by atoms with Crippen molar-refractivity contribution in [2.45, 2.75) is 26.4 Å². The van der Waals surface area contributed by atoms with Crippen LogP contribution in [0.3, 0.4) is 0 Å². The number of alkyl carbamates (subject to hydrolysis) is 1. The molecule has 0 aliphatic carbocycles. The Morgan fingerprint density at radius 2 is 1.52 bits per heavy atom. The third kappa shape index (κ3) is 6.34. The number of amides is 2. The lowest BCUT2D eigenvalue weighted by Gasteiger charge is -2.35. The Morgan fingerprint density at radius 1 is 0.909 bits per heavy atom. The van der Waals surface area contributed by atoms with Crippen LogP contribution in [0.5, 0.6) is 0 Å². The summed E-state index contributed by atoms with van der Waals surface area (Å²) in [6.07, 6.45) is 1.79. The molecular formula is C24H32N6O3. The maximum absolute atomic E-state index is 12.5. The molecule has 0 saturated carbocycles. The van der Waals surface area contributed by atoms with Gasteiger partial charge in [-0.05, 0) is 36.5 Å². The predicted octanol–water partition coefficient (Wildman–Crippen LogP) is 2.29. The van der Waals surface area contributed by atoms with Gasteiger partial charge < -0.3 is 24.8 Å². The summed E-state index contributed by atoms with van der Waals surface area (Å²) in [6.45, 7) is 6.98. The molecule has 2 saturated heterocycles. The van der Waals surface area contributed by atoms with Crippen molar-refractivity contribution in [1.29, 1.82) is 0 Å². The number of nitrogens with one attached hydrogen (secondary N) is 1. The number of carbonyl (C=O) groups is 2. The Labute approximate surface area is 194 Å².